The highest BCUT2D eigenvalue weighted by molar-refractivity contribution is 5.89. The molecule has 136 valence electrons. The van der Waals surface area contributed by atoms with Gasteiger partial charge in [-0.1, -0.05) is 19.1 Å². The van der Waals surface area contributed by atoms with Gasteiger partial charge in [-0.2, -0.15) is 0 Å². The molecule has 0 aliphatic carbocycles. The Morgan fingerprint density at radius 1 is 1.24 bits per heavy atom. The topological polar surface area (TPSA) is 61.8 Å². The number of phenols is 1. The molecule has 25 heavy (non-hydrogen) atoms. The summed E-state index contributed by atoms with van der Waals surface area (Å²) >= 11 is 0. The van der Waals surface area contributed by atoms with Crippen LogP contribution in [0.5, 0.6) is 11.5 Å². The maximum Gasteiger partial charge on any atom is 0.234 e. The molecular weight excluding hydrogens is 316 g/mol. The Morgan fingerprint density at radius 2 is 1.92 bits per heavy atom. The number of likely N-dealkylation sites (N-methyl/N-ethyl adjacent to an activating group) is 1. The third-order valence-electron chi connectivity index (χ3n) is 4.03. The fraction of sp³-hybridized carbons (Fsp3) is 0.450. The van der Waals surface area contributed by atoms with Crippen LogP contribution < -0.4 is 10.1 Å². The van der Waals surface area contributed by atoms with Crippen LogP contribution in [-0.4, -0.2) is 41.7 Å². The standard InChI is InChI=1S/C20H28N2O3/c1-6-22(13-19(24)21-20(2,3)4)12-17-16-11-15(25-5)9-7-14(16)8-10-18(17)23/h7-11,23H,6,12-13H2,1-5H3,(H,21,24). The fourth-order valence-corrected chi connectivity index (χ4v) is 2.81. The molecule has 0 spiro atoms. The van der Waals surface area contributed by atoms with Crippen LogP contribution in [0.15, 0.2) is 30.3 Å². The average Bonchev–Trinajstić information content (AvgIpc) is 2.54. The third kappa shape index (κ3) is 5.10. The molecule has 0 aliphatic heterocycles. The van der Waals surface area contributed by atoms with Crippen LogP contribution in [0.2, 0.25) is 0 Å². The number of ether oxygens (including phenoxy) is 1. The Bertz CT molecular complexity index is 750. The maximum atomic E-state index is 12.2. The number of phenolic OH excluding ortho intramolecular Hbond substituents is 1. The predicted octanol–water partition coefficient (Wildman–Crippen LogP) is 3.29. The molecule has 0 saturated carbocycles. The predicted molar refractivity (Wildman–Crippen MR) is 101 cm³/mol. The molecule has 0 bridgehead atoms. The molecule has 0 aliphatic rings. The summed E-state index contributed by atoms with van der Waals surface area (Å²) in [5.74, 6) is 0.954. The minimum atomic E-state index is -0.258. The lowest BCUT2D eigenvalue weighted by molar-refractivity contribution is -0.123. The van der Waals surface area contributed by atoms with Crippen LogP contribution in [0.25, 0.3) is 10.8 Å². The molecule has 0 atom stereocenters. The van der Waals surface area contributed by atoms with Crippen molar-refractivity contribution in [2.24, 2.45) is 0 Å². The number of carbonyl (C=O) groups is 1. The molecule has 1 amide bonds. The summed E-state index contributed by atoms with van der Waals surface area (Å²) in [4.78, 5) is 14.2. The van der Waals surface area contributed by atoms with Gasteiger partial charge in [-0.3, -0.25) is 9.69 Å². The smallest absolute Gasteiger partial charge is 0.234 e. The van der Waals surface area contributed by atoms with Gasteiger partial charge in [-0.25, -0.2) is 0 Å². The lowest BCUT2D eigenvalue weighted by Crippen LogP contribution is -2.45. The van der Waals surface area contributed by atoms with Crippen molar-refractivity contribution in [1.82, 2.24) is 10.2 Å². The van der Waals surface area contributed by atoms with Gasteiger partial charge >= 0.3 is 0 Å². The minimum Gasteiger partial charge on any atom is -0.508 e. The van der Waals surface area contributed by atoms with Crippen molar-refractivity contribution in [2.75, 3.05) is 20.2 Å². The number of carbonyl (C=O) groups excluding carboxylic acids is 1. The Labute approximate surface area is 149 Å². The summed E-state index contributed by atoms with van der Waals surface area (Å²) in [6.07, 6.45) is 0. The molecule has 5 heteroatoms. The fourth-order valence-electron chi connectivity index (χ4n) is 2.81. The second-order valence-corrected chi connectivity index (χ2v) is 7.25. The molecule has 0 fully saturated rings. The number of nitrogens with one attached hydrogen (secondary N) is 1. The van der Waals surface area contributed by atoms with Crippen LogP contribution in [0.3, 0.4) is 0 Å². The van der Waals surface area contributed by atoms with Crippen molar-refractivity contribution in [3.8, 4) is 11.5 Å². The molecule has 2 aromatic carbocycles. The Hall–Kier alpha value is -2.27. The molecule has 0 radical (unpaired) electrons. The molecular formula is C20H28N2O3. The highest BCUT2D eigenvalue weighted by Crippen LogP contribution is 2.31. The molecule has 0 saturated heterocycles. The van der Waals surface area contributed by atoms with Gasteiger partial charge in [-0.05, 0) is 56.3 Å². The van der Waals surface area contributed by atoms with Gasteiger partial charge in [0, 0.05) is 17.6 Å². The highest BCUT2D eigenvalue weighted by atomic mass is 16.5. The van der Waals surface area contributed by atoms with Crippen LogP contribution in [0, 0.1) is 0 Å². The Morgan fingerprint density at radius 3 is 2.52 bits per heavy atom. The molecule has 5 nitrogen and oxygen atoms in total. The van der Waals surface area contributed by atoms with Gasteiger partial charge in [0.2, 0.25) is 5.91 Å². The number of fused-ring (bicyclic) bond motifs is 1. The molecule has 0 unspecified atom stereocenters. The number of benzene rings is 2. The Kier molecular flexibility index (Phi) is 5.90. The molecule has 2 N–H and O–H groups in total. The number of nitrogens with zero attached hydrogens (tertiary/aromatic N) is 1. The summed E-state index contributed by atoms with van der Waals surface area (Å²) in [6.45, 7) is 9.38. The van der Waals surface area contributed by atoms with E-state index in [0.29, 0.717) is 13.1 Å². The summed E-state index contributed by atoms with van der Waals surface area (Å²) in [5, 5.41) is 15.3. The largest absolute Gasteiger partial charge is 0.508 e. The first-order valence-electron chi connectivity index (χ1n) is 8.55. The SMILES string of the molecule is CCN(CC(=O)NC(C)(C)C)Cc1c(O)ccc2ccc(OC)cc12. The van der Waals surface area contributed by atoms with Crippen molar-refractivity contribution >= 4 is 16.7 Å². The third-order valence-corrected chi connectivity index (χ3v) is 4.03. The first-order chi connectivity index (χ1) is 11.7. The van der Waals surface area contributed by atoms with Crippen LogP contribution in [0.1, 0.15) is 33.3 Å². The van der Waals surface area contributed by atoms with E-state index in [9.17, 15) is 9.90 Å². The quantitative estimate of drug-likeness (QED) is 0.844. The van der Waals surface area contributed by atoms with Crippen molar-refractivity contribution in [3.63, 3.8) is 0 Å². The number of hydrogen-bond acceptors (Lipinski definition) is 4. The normalized spacial score (nSPS) is 11.8. The lowest BCUT2D eigenvalue weighted by Gasteiger charge is -2.25. The van der Waals surface area contributed by atoms with E-state index in [1.165, 1.54) is 0 Å². The molecule has 0 heterocycles. The van der Waals surface area contributed by atoms with Crippen molar-refractivity contribution < 1.29 is 14.6 Å². The van der Waals surface area contributed by atoms with Crippen molar-refractivity contribution in [3.05, 3.63) is 35.9 Å². The van der Waals surface area contributed by atoms with Gasteiger partial charge in [0.05, 0.1) is 13.7 Å². The molecule has 2 aromatic rings. The van der Waals surface area contributed by atoms with Crippen molar-refractivity contribution in [2.45, 2.75) is 39.8 Å². The second-order valence-electron chi connectivity index (χ2n) is 7.25. The summed E-state index contributed by atoms with van der Waals surface area (Å²) in [7, 11) is 1.62. The van der Waals surface area contributed by atoms with E-state index in [1.807, 2.05) is 56.9 Å². The number of rotatable bonds is 6. The molecule has 2 rings (SSSR count). The van der Waals surface area contributed by atoms with E-state index in [1.54, 1.807) is 13.2 Å². The van der Waals surface area contributed by atoms with E-state index >= 15 is 0 Å². The van der Waals surface area contributed by atoms with Crippen LogP contribution in [0.4, 0.5) is 0 Å². The monoisotopic (exact) mass is 344 g/mol. The van der Waals surface area contributed by atoms with E-state index in [-0.39, 0.29) is 23.7 Å². The van der Waals surface area contributed by atoms with Gasteiger partial charge < -0.3 is 15.2 Å². The zero-order chi connectivity index (χ0) is 18.6. The summed E-state index contributed by atoms with van der Waals surface area (Å²) < 4.78 is 5.31. The van der Waals surface area contributed by atoms with E-state index < -0.39 is 0 Å². The minimum absolute atomic E-state index is 0.0216. The molecule has 0 aromatic heterocycles. The lowest BCUT2D eigenvalue weighted by atomic mass is 10.0. The Balaban J connectivity index is 2.27. The summed E-state index contributed by atoms with van der Waals surface area (Å²) in [6, 6.07) is 9.38. The van der Waals surface area contributed by atoms with Gasteiger partial charge in [0.15, 0.2) is 0 Å². The zero-order valence-corrected chi connectivity index (χ0v) is 15.7. The number of methoxy groups -OCH3 is 1. The summed E-state index contributed by atoms with van der Waals surface area (Å²) in [5.41, 5.74) is 0.549. The number of aromatic hydroxyl groups is 1. The van der Waals surface area contributed by atoms with E-state index in [2.05, 4.69) is 5.32 Å². The van der Waals surface area contributed by atoms with Crippen LogP contribution >= 0.6 is 0 Å². The van der Waals surface area contributed by atoms with Crippen molar-refractivity contribution in [1.29, 1.82) is 0 Å². The maximum absolute atomic E-state index is 12.2. The first-order valence-corrected chi connectivity index (χ1v) is 8.55. The van der Waals surface area contributed by atoms with Gasteiger partial charge in [-0.15, -0.1) is 0 Å². The number of amides is 1. The van der Waals surface area contributed by atoms with Crippen LogP contribution in [-0.2, 0) is 11.3 Å². The number of hydrogen-bond donors (Lipinski definition) is 2. The van der Waals surface area contributed by atoms with E-state index in [4.69, 9.17) is 4.74 Å². The van der Waals surface area contributed by atoms with E-state index in [0.717, 1.165) is 22.1 Å². The highest BCUT2D eigenvalue weighted by Gasteiger charge is 2.18. The van der Waals surface area contributed by atoms with Gasteiger partial charge in [0.25, 0.3) is 0 Å². The zero-order valence-electron chi connectivity index (χ0n) is 15.7. The van der Waals surface area contributed by atoms with Gasteiger partial charge in [0.1, 0.15) is 11.5 Å². The second kappa shape index (κ2) is 7.74. The first kappa shape index (κ1) is 19.1. The average molecular weight is 344 g/mol.